The van der Waals surface area contributed by atoms with Gasteiger partial charge in [0.2, 0.25) is 0 Å². The second kappa shape index (κ2) is 6.74. The van der Waals surface area contributed by atoms with Crippen molar-refractivity contribution in [2.24, 2.45) is 0 Å². The Balaban J connectivity index is 2.00. The number of hydrazine groups is 1. The van der Waals surface area contributed by atoms with Crippen LogP contribution in [0.3, 0.4) is 0 Å². The van der Waals surface area contributed by atoms with Crippen molar-refractivity contribution in [3.8, 4) is 5.75 Å². The van der Waals surface area contributed by atoms with Crippen LogP contribution in [0.2, 0.25) is 0 Å². The van der Waals surface area contributed by atoms with E-state index in [1.165, 1.54) is 11.8 Å². The second-order valence-corrected chi connectivity index (χ2v) is 4.75. The first kappa shape index (κ1) is 14.8. The highest BCUT2D eigenvalue weighted by atomic mass is 16.3. The Morgan fingerprint density at radius 2 is 1.67 bits per heavy atom. The minimum absolute atomic E-state index is 0.113. The van der Waals surface area contributed by atoms with E-state index in [-0.39, 0.29) is 5.75 Å². The van der Waals surface area contributed by atoms with E-state index in [0.29, 0.717) is 11.4 Å². The molecular weight excluding hydrogens is 264 g/mol. The zero-order valence-corrected chi connectivity index (χ0v) is 12.4. The highest BCUT2D eigenvalue weighted by Crippen LogP contribution is 2.25. The summed E-state index contributed by atoms with van der Waals surface area (Å²) in [5.74, 6) is 0.113. The van der Waals surface area contributed by atoms with Crippen molar-refractivity contribution >= 4 is 22.7 Å². The lowest BCUT2D eigenvalue weighted by Gasteiger charge is -2.21. The second-order valence-electron chi connectivity index (χ2n) is 4.75. The number of nitrogens with two attached hydrogens (primary N) is 1. The van der Waals surface area contributed by atoms with Gasteiger partial charge in [0.05, 0.1) is 11.4 Å². The first-order chi connectivity index (χ1) is 10.1. The minimum atomic E-state index is 0.113. The third-order valence-electron chi connectivity index (χ3n) is 3.36. The predicted molar refractivity (Wildman–Crippen MR) is 89.8 cm³/mol. The first-order valence-electron chi connectivity index (χ1n) is 7.09. The highest BCUT2D eigenvalue weighted by molar-refractivity contribution is 5.65. The van der Waals surface area contributed by atoms with Gasteiger partial charge < -0.3 is 21.2 Å². The Morgan fingerprint density at radius 1 is 1.00 bits per heavy atom. The van der Waals surface area contributed by atoms with Crippen LogP contribution in [-0.4, -0.2) is 18.2 Å². The number of nitrogen functional groups attached to an aromatic ring is 1. The summed E-state index contributed by atoms with van der Waals surface area (Å²) in [7, 11) is 0. The summed E-state index contributed by atoms with van der Waals surface area (Å²) in [4.78, 5) is 2.28. The number of nitrogens with zero attached hydrogens (tertiary/aromatic N) is 1. The van der Waals surface area contributed by atoms with Gasteiger partial charge in [-0.25, -0.2) is 0 Å². The summed E-state index contributed by atoms with van der Waals surface area (Å²) in [5.41, 5.74) is 14.8. The lowest BCUT2D eigenvalue weighted by Crippen LogP contribution is -2.21. The summed E-state index contributed by atoms with van der Waals surface area (Å²) >= 11 is 0. The Kier molecular flexibility index (Phi) is 4.77. The van der Waals surface area contributed by atoms with Crippen molar-refractivity contribution in [2.45, 2.75) is 13.8 Å². The molecule has 0 fully saturated rings. The Bertz CT molecular complexity index is 579. The molecule has 0 bridgehead atoms. The smallest absolute Gasteiger partial charge is 0.142 e. The zero-order chi connectivity index (χ0) is 15.2. The number of anilines is 4. The number of rotatable bonds is 6. The number of hydrogen-bond donors (Lipinski definition) is 4. The molecule has 2 rings (SSSR count). The van der Waals surface area contributed by atoms with Gasteiger partial charge in [-0.2, -0.15) is 0 Å². The molecule has 0 amide bonds. The van der Waals surface area contributed by atoms with Crippen molar-refractivity contribution in [2.75, 3.05) is 34.6 Å². The number of benzene rings is 2. The molecule has 0 aliphatic carbocycles. The van der Waals surface area contributed by atoms with Crippen molar-refractivity contribution in [1.29, 1.82) is 0 Å². The van der Waals surface area contributed by atoms with E-state index in [2.05, 4.69) is 41.7 Å². The van der Waals surface area contributed by atoms with Crippen molar-refractivity contribution < 1.29 is 5.11 Å². The van der Waals surface area contributed by atoms with Crippen molar-refractivity contribution in [3.05, 3.63) is 42.5 Å². The monoisotopic (exact) mass is 286 g/mol. The lowest BCUT2D eigenvalue weighted by molar-refractivity contribution is 0.478. The van der Waals surface area contributed by atoms with E-state index in [4.69, 9.17) is 5.73 Å². The first-order valence-corrected chi connectivity index (χ1v) is 7.09. The standard InChI is InChI=1S/C16H22N4O/c1-3-20(4-2)14-8-6-13(7-9-14)18-19-15-10-5-12(17)11-16(15)21/h5-11,18-19,21H,3-4,17H2,1-2H3. The molecule has 5 heteroatoms. The van der Waals surface area contributed by atoms with Crippen LogP contribution >= 0.6 is 0 Å². The van der Waals surface area contributed by atoms with Gasteiger partial charge in [0.1, 0.15) is 5.75 Å². The molecule has 0 spiro atoms. The Labute approximate surface area is 125 Å². The maximum atomic E-state index is 9.76. The topological polar surface area (TPSA) is 73.5 Å². The van der Waals surface area contributed by atoms with E-state index in [1.807, 2.05) is 12.1 Å². The summed E-state index contributed by atoms with van der Waals surface area (Å²) in [6.07, 6.45) is 0. The minimum Gasteiger partial charge on any atom is -0.506 e. The van der Waals surface area contributed by atoms with E-state index >= 15 is 0 Å². The molecule has 0 atom stereocenters. The number of nitrogens with one attached hydrogen (secondary N) is 2. The fourth-order valence-electron chi connectivity index (χ4n) is 2.14. The summed E-state index contributed by atoms with van der Waals surface area (Å²) in [6.45, 7) is 6.25. The van der Waals surface area contributed by atoms with Crippen LogP contribution < -0.4 is 21.5 Å². The third kappa shape index (κ3) is 3.72. The van der Waals surface area contributed by atoms with E-state index in [1.54, 1.807) is 12.1 Å². The largest absolute Gasteiger partial charge is 0.506 e. The molecule has 0 aliphatic rings. The Hall–Kier alpha value is -2.56. The molecule has 112 valence electrons. The molecule has 2 aromatic rings. The number of phenols is 1. The third-order valence-corrected chi connectivity index (χ3v) is 3.36. The van der Waals surface area contributed by atoms with Crippen LogP contribution in [0.4, 0.5) is 22.7 Å². The molecule has 21 heavy (non-hydrogen) atoms. The lowest BCUT2D eigenvalue weighted by atomic mass is 10.2. The maximum Gasteiger partial charge on any atom is 0.142 e. The van der Waals surface area contributed by atoms with Crippen LogP contribution in [-0.2, 0) is 0 Å². The quantitative estimate of drug-likeness (QED) is 0.373. The van der Waals surface area contributed by atoms with Crippen LogP contribution in [0.25, 0.3) is 0 Å². The molecule has 5 N–H and O–H groups in total. The SMILES string of the molecule is CCN(CC)c1ccc(NNc2ccc(N)cc2O)cc1. The average Bonchev–Trinajstić information content (AvgIpc) is 2.49. The summed E-state index contributed by atoms with van der Waals surface area (Å²) < 4.78 is 0. The number of aromatic hydroxyl groups is 1. The molecule has 5 nitrogen and oxygen atoms in total. The molecule has 0 radical (unpaired) electrons. The highest BCUT2D eigenvalue weighted by Gasteiger charge is 2.03. The van der Waals surface area contributed by atoms with Crippen molar-refractivity contribution in [3.63, 3.8) is 0 Å². The van der Waals surface area contributed by atoms with Crippen LogP contribution in [0.5, 0.6) is 5.75 Å². The van der Waals surface area contributed by atoms with Gasteiger partial charge in [-0.3, -0.25) is 5.43 Å². The average molecular weight is 286 g/mol. The number of phenolic OH excluding ortho intramolecular Hbond substituents is 1. The molecule has 0 heterocycles. The van der Waals surface area contributed by atoms with E-state index < -0.39 is 0 Å². The van der Waals surface area contributed by atoms with Crippen molar-refractivity contribution in [1.82, 2.24) is 0 Å². The van der Waals surface area contributed by atoms with Crippen LogP contribution in [0.15, 0.2) is 42.5 Å². The van der Waals surface area contributed by atoms with Gasteiger partial charge in [-0.15, -0.1) is 0 Å². The fourth-order valence-corrected chi connectivity index (χ4v) is 2.14. The zero-order valence-electron chi connectivity index (χ0n) is 12.4. The molecule has 0 saturated carbocycles. The molecule has 0 aromatic heterocycles. The van der Waals surface area contributed by atoms with Gasteiger partial charge in [0.25, 0.3) is 0 Å². The number of hydrogen-bond acceptors (Lipinski definition) is 5. The molecular formula is C16H22N4O. The van der Waals surface area contributed by atoms with Gasteiger partial charge in [-0.05, 0) is 50.2 Å². The van der Waals surface area contributed by atoms with Gasteiger partial charge in [0, 0.05) is 30.5 Å². The molecule has 0 saturated heterocycles. The molecule has 2 aromatic carbocycles. The molecule has 0 aliphatic heterocycles. The molecule has 0 unspecified atom stereocenters. The fraction of sp³-hybridized carbons (Fsp3) is 0.250. The predicted octanol–water partition coefficient (Wildman–Crippen LogP) is 3.26. The van der Waals surface area contributed by atoms with Gasteiger partial charge >= 0.3 is 0 Å². The van der Waals surface area contributed by atoms with Crippen LogP contribution in [0, 0.1) is 0 Å². The van der Waals surface area contributed by atoms with E-state index in [0.717, 1.165) is 18.8 Å². The Morgan fingerprint density at radius 3 is 2.24 bits per heavy atom. The van der Waals surface area contributed by atoms with Gasteiger partial charge in [0.15, 0.2) is 0 Å². The maximum absolute atomic E-state index is 9.76. The van der Waals surface area contributed by atoms with E-state index in [9.17, 15) is 5.11 Å². The summed E-state index contributed by atoms with van der Waals surface area (Å²) in [6, 6.07) is 13.1. The van der Waals surface area contributed by atoms with Gasteiger partial charge in [-0.1, -0.05) is 0 Å². The van der Waals surface area contributed by atoms with Crippen LogP contribution in [0.1, 0.15) is 13.8 Å². The summed E-state index contributed by atoms with van der Waals surface area (Å²) in [5, 5.41) is 9.76. The normalized spacial score (nSPS) is 10.2.